The van der Waals surface area contributed by atoms with Crippen molar-refractivity contribution in [1.82, 2.24) is 24.1 Å². The van der Waals surface area contributed by atoms with Crippen molar-refractivity contribution in [2.24, 2.45) is 0 Å². The average molecular weight is 885 g/mol. The predicted molar refractivity (Wildman–Crippen MR) is 284 cm³/mol. The molecule has 9 aromatic carbocycles. The van der Waals surface area contributed by atoms with E-state index < -0.39 is 0 Å². The van der Waals surface area contributed by atoms with Crippen LogP contribution in [-0.2, 0) is 5.41 Å². The third-order valence-electron chi connectivity index (χ3n) is 14.6. The van der Waals surface area contributed by atoms with E-state index >= 15 is 0 Å². The minimum absolute atomic E-state index is 0.124. The summed E-state index contributed by atoms with van der Waals surface area (Å²) in [5.41, 5.74) is 17.6. The van der Waals surface area contributed by atoms with Gasteiger partial charge in [0.2, 0.25) is 0 Å². The summed E-state index contributed by atoms with van der Waals surface area (Å²) in [6, 6.07) is 79.1. The molecule has 2 aliphatic rings. The summed E-state index contributed by atoms with van der Waals surface area (Å²) in [4.78, 5) is 2.56. The number of hydrogen-bond donors (Lipinski definition) is 0. The van der Waals surface area contributed by atoms with Gasteiger partial charge in [0, 0.05) is 60.8 Å². The number of para-hydroxylation sites is 5. The van der Waals surface area contributed by atoms with E-state index in [-0.39, 0.29) is 11.5 Å². The summed E-state index contributed by atoms with van der Waals surface area (Å²) in [7, 11) is 0. The van der Waals surface area contributed by atoms with E-state index in [0.29, 0.717) is 0 Å². The molecule has 14 rings (SSSR count). The molecule has 0 radical (unpaired) electrons. The topological polar surface area (TPSA) is 43.8 Å². The van der Waals surface area contributed by atoms with Crippen LogP contribution >= 0.6 is 0 Å². The number of rotatable bonds is 7. The second kappa shape index (κ2) is 15.3. The minimum atomic E-state index is -0.163. The molecule has 69 heavy (non-hydrogen) atoms. The van der Waals surface area contributed by atoms with Gasteiger partial charge in [0.05, 0.1) is 33.8 Å². The van der Waals surface area contributed by atoms with E-state index in [1.165, 1.54) is 43.8 Å². The number of hydrogen-bond acceptors (Lipinski definition) is 3. The lowest BCUT2D eigenvalue weighted by molar-refractivity contribution is 0.550. The number of allylic oxidation sites excluding steroid dienone is 2. The van der Waals surface area contributed by atoms with Crippen molar-refractivity contribution in [3.05, 3.63) is 248 Å². The van der Waals surface area contributed by atoms with Gasteiger partial charge in [-0.1, -0.05) is 169 Å². The molecule has 6 heteroatoms. The Morgan fingerprint density at radius 1 is 0.420 bits per heavy atom. The SMILES string of the molecule is CC12C=CC=CC1N(c1cc(-c3ccc(-n4c5ccccc5c5cc(-c6c(-c7ccccc7)nnn6-c6ccccc6)ccc54)cc3)cc(-n3c4ccccc4c4ccccc43)c1)c1ccccc12. The van der Waals surface area contributed by atoms with Crippen LogP contribution < -0.4 is 4.90 Å². The van der Waals surface area contributed by atoms with Crippen molar-refractivity contribution in [1.29, 1.82) is 0 Å². The monoisotopic (exact) mass is 884 g/mol. The van der Waals surface area contributed by atoms with Gasteiger partial charge in [-0.05, 0) is 102 Å². The van der Waals surface area contributed by atoms with Gasteiger partial charge in [-0.2, -0.15) is 0 Å². The van der Waals surface area contributed by atoms with Crippen molar-refractivity contribution in [3.8, 4) is 50.7 Å². The number of fused-ring (bicyclic) bond motifs is 9. The van der Waals surface area contributed by atoms with E-state index in [4.69, 9.17) is 10.3 Å². The molecule has 4 heterocycles. The maximum Gasteiger partial charge on any atom is 0.121 e. The molecule has 0 spiro atoms. The molecule has 0 bridgehead atoms. The summed E-state index contributed by atoms with van der Waals surface area (Å²) in [6.45, 7) is 2.38. The fourth-order valence-electron chi connectivity index (χ4n) is 11.4. The highest BCUT2D eigenvalue weighted by atomic mass is 15.4. The van der Waals surface area contributed by atoms with Gasteiger partial charge in [-0.25, -0.2) is 4.68 Å². The van der Waals surface area contributed by atoms with Gasteiger partial charge >= 0.3 is 0 Å². The highest BCUT2D eigenvalue weighted by Crippen LogP contribution is 2.52. The molecule has 0 amide bonds. The Morgan fingerprint density at radius 3 is 1.72 bits per heavy atom. The van der Waals surface area contributed by atoms with Crippen molar-refractivity contribution in [3.63, 3.8) is 0 Å². The van der Waals surface area contributed by atoms with Crippen LogP contribution in [0.2, 0.25) is 0 Å². The first-order valence-corrected chi connectivity index (χ1v) is 23.7. The molecule has 1 aliphatic carbocycles. The first-order valence-electron chi connectivity index (χ1n) is 23.7. The van der Waals surface area contributed by atoms with Crippen LogP contribution in [0.15, 0.2) is 243 Å². The lowest BCUT2D eigenvalue weighted by Gasteiger charge is -2.35. The van der Waals surface area contributed by atoms with E-state index in [0.717, 1.165) is 67.4 Å². The Labute approximate surface area is 399 Å². The van der Waals surface area contributed by atoms with Gasteiger partial charge < -0.3 is 14.0 Å². The molecule has 0 saturated heterocycles. The van der Waals surface area contributed by atoms with Gasteiger partial charge in [0.1, 0.15) is 11.4 Å². The van der Waals surface area contributed by atoms with Crippen LogP contribution in [0.25, 0.3) is 94.3 Å². The van der Waals surface area contributed by atoms with Gasteiger partial charge in [-0.15, -0.1) is 5.10 Å². The van der Waals surface area contributed by atoms with Gasteiger partial charge in [0.25, 0.3) is 0 Å². The van der Waals surface area contributed by atoms with Crippen LogP contribution in [0.4, 0.5) is 11.4 Å². The van der Waals surface area contributed by atoms with Crippen LogP contribution in [-0.4, -0.2) is 30.2 Å². The molecule has 1 aliphatic heterocycles. The van der Waals surface area contributed by atoms with Crippen molar-refractivity contribution >= 4 is 55.0 Å². The standard InChI is InChI=1S/C63H44N6/c1-63-37-17-16-30-60(63)68(59-29-15-11-25-54(59)63)49-39-45(38-48(41-49)67-55-26-12-8-22-50(55)51-23-9-13-27-56(51)67)42-31-34-46(35-32-42)66-57-28-14-10-24-52(57)53-40-44(33-36-58(53)66)62-61(43-18-4-2-5-19-43)64-65-69(62)47-20-6-3-7-21-47/h2-41,60H,1H3. The lowest BCUT2D eigenvalue weighted by Crippen LogP contribution is -2.39. The Balaban J connectivity index is 0.926. The number of nitrogens with zero attached hydrogens (tertiary/aromatic N) is 6. The van der Waals surface area contributed by atoms with Crippen LogP contribution in [0.5, 0.6) is 0 Å². The molecule has 0 saturated carbocycles. The summed E-state index contributed by atoms with van der Waals surface area (Å²) in [5, 5.41) is 14.3. The number of benzene rings is 9. The number of aromatic nitrogens is 5. The zero-order valence-electron chi connectivity index (χ0n) is 37.9. The summed E-state index contributed by atoms with van der Waals surface area (Å²) < 4.78 is 6.81. The molecular formula is C63H44N6. The van der Waals surface area contributed by atoms with Crippen molar-refractivity contribution in [2.75, 3.05) is 4.90 Å². The molecule has 2 unspecified atom stereocenters. The Kier molecular flexibility index (Phi) is 8.67. The fourth-order valence-corrected chi connectivity index (χ4v) is 11.4. The van der Waals surface area contributed by atoms with Crippen molar-refractivity contribution in [2.45, 2.75) is 18.4 Å². The van der Waals surface area contributed by atoms with Crippen LogP contribution in [0.1, 0.15) is 12.5 Å². The predicted octanol–water partition coefficient (Wildman–Crippen LogP) is 15.4. The van der Waals surface area contributed by atoms with E-state index in [9.17, 15) is 0 Å². The Morgan fingerprint density at radius 2 is 1.00 bits per heavy atom. The quantitative estimate of drug-likeness (QED) is 0.160. The first-order chi connectivity index (χ1) is 34.1. The van der Waals surface area contributed by atoms with Gasteiger partial charge in [-0.3, -0.25) is 0 Å². The fraction of sp³-hybridized carbons (Fsp3) is 0.0476. The maximum absolute atomic E-state index is 4.77. The summed E-state index contributed by atoms with van der Waals surface area (Å²) in [6.07, 6.45) is 9.15. The Hall–Kier alpha value is -9.00. The smallest absolute Gasteiger partial charge is 0.121 e. The van der Waals surface area contributed by atoms with Crippen molar-refractivity contribution < 1.29 is 0 Å². The van der Waals surface area contributed by atoms with E-state index in [1.54, 1.807) is 0 Å². The van der Waals surface area contributed by atoms with E-state index in [1.807, 2.05) is 28.9 Å². The first kappa shape index (κ1) is 39.2. The second-order valence-electron chi connectivity index (χ2n) is 18.5. The zero-order valence-corrected chi connectivity index (χ0v) is 37.9. The molecule has 6 nitrogen and oxygen atoms in total. The largest absolute Gasteiger partial charge is 0.333 e. The Bertz CT molecular complexity index is 3930. The average Bonchev–Trinajstić information content (AvgIpc) is 4.16. The van der Waals surface area contributed by atoms with Crippen LogP contribution in [0, 0.1) is 0 Å². The third-order valence-corrected chi connectivity index (χ3v) is 14.6. The number of anilines is 2. The molecule has 0 fully saturated rings. The zero-order chi connectivity index (χ0) is 45.6. The molecule has 326 valence electrons. The van der Waals surface area contributed by atoms with E-state index in [2.05, 4.69) is 239 Å². The minimum Gasteiger partial charge on any atom is -0.333 e. The molecule has 3 aromatic heterocycles. The normalized spacial score (nSPS) is 16.2. The summed E-state index contributed by atoms with van der Waals surface area (Å²) in [5.74, 6) is 0. The van der Waals surface area contributed by atoms with Crippen LogP contribution in [0.3, 0.4) is 0 Å². The summed E-state index contributed by atoms with van der Waals surface area (Å²) >= 11 is 0. The molecule has 2 atom stereocenters. The highest BCUT2D eigenvalue weighted by Gasteiger charge is 2.46. The molecule has 0 N–H and O–H groups in total. The highest BCUT2D eigenvalue weighted by molar-refractivity contribution is 6.11. The third kappa shape index (κ3) is 5.98. The molecule has 12 aromatic rings. The maximum atomic E-state index is 4.77. The lowest BCUT2D eigenvalue weighted by atomic mass is 9.76. The molecular weight excluding hydrogens is 841 g/mol. The second-order valence-corrected chi connectivity index (χ2v) is 18.5. The van der Waals surface area contributed by atoms with Gasteiger partial charge in [0.15, 0.2) is 0 Å².